The number of benzene rings is 2. The lowest BCUT2D eigenvalue weighted by atomic mass is 9.91. The van der Waals surface area contributed by atoms with Crippen molar-refractivity contribution in [1.29, 1.82) is 0 Å². The first-order chi connectivity index (χ1) is 14.6. The van der Waals surface area contributed by atoms with Crippen LogP contribution in [0.1, 0.15) is 17.0 Å². The van der Waals surface area contributed by atoms with Crippen molar-refractivity contribution in [3.05, 3.63) is 99.0 Å². The smallest absolute Gasteiger partial charge is 0.323 e. The van der Waals surface area contributed by atoms with Gasteiger partial charge in [0.25, 0.3) is 5.56 Å². The van der Waals surface area contributed by atoms with Gasteiger partial charge in [-0.05, 0) is 11.1 Å². The van der Waals surface area contributed by atoms with Crippen LogP contribution in [0.4, 0.5) is 0 Å². The first kappa shape index (κ1) is 19.8. The molecule has 7 nitrogen and oxygen atoms in total. The summed E-state index contributed by atoms with van der Waals surface area (Å²) in [6.45, 7) is 2.03. The molecule has 0 aliphatic carbocycles. The largest absolute Gasteiger partial charge is 0.332 e. The molecule has 7 heteroatoms. The van der Waals surface area contributed by atoms with Gasteiger partial charge in [0.05, 0.1) is 6.33 Å². The molecule has 30 heavy (non-hydrogen) atoms. The van der Waals surface area contributed by atoms with E-state index in [4.69, 9.17) is 0 Å². The van der Waals surface area contributed by atoms with Crippen molar-refractivity contribution < 1.29 is 0 Å². The molecule has 1 N–H and O–H groups in total. The van der Waals surface area contributed by atoms with Gasteiger partial charge in [-0.2, -0.15) is 0 Å². The quantitative estimate of drug-likeness (QED) is 0.478. The van der Waals surface area contributed by atoms with Crippen LogP contribution in [0.15, 0.2) is 76.6 Å². The summed E-state index contributed by atoms with van der Waals surface area (Å²) in [4.78, 5) is 28.9. The number of hydrogen-bond acceptors (Lipinski definition) is 4. The highest BCUT2D eigenvalue weighted by atomic mass is 16.2. The number of fused-ring (bicyclic) bond motifs is 1. The van der Waals surface area contributed by atoms with Crippen LogP contribution in [0, 0.1) is 0 Å². The van der Waals surface area contributed by atoms with Gasteiger partial charge in [0.15, 0.2) is 11.2 Å². The molecule has 2 aromatic carbocycles. The van der Waals surface area contributed by atoms with Crippen LogP contribution in [0.2, 0.25) is 0 Å². The van der Waals surface area contributed by atoms with Gasteiger partial charge < -0.3 is 9.88 Å². The lowest BCUT2D eigenvalue weighted by molar-refractivity contribution is 0.580. The Morgan fingerprint density at radius 1 is 0.900 bits per heavy atom. The maximum absolute atomic E-state index is 12.6. The zero-order chi connectivity index (χ0) is 21.1. The van der Waals surface area contributed by atoms with E-state index in [0.29, 0.717) is 24.3 Å². The third kappa shape index (κ3) is 3.71. The summed E-state index contributed by atoms with van der Waals surface area (Å²) >= 11 is 0. The molecular weight excluding hydrogens is 378 g/mol. The molecule has 0 spiro atoms. The van der Waals surface area contributed by atoms with Crippen LogP contribution in [-0.2, 0) is 20.6 Å². The van der Waals surface area contributed by atoms with Crippen molar-refractivity contribution in [3.63, 3.8) is 0 Å². The molecule has 2 heterocycles. The second-order valence-electron chi connectivity index (χ2n) is 7.39. The van der Waals surface area contributed by atoms with Gasteiger partial charge in [0.2, 0.25) is 0 Å². The summed E-state index contributed by atoms with van der Waals surface area (Å²) < 4.78 is 4.33. The zero-order valence-corrected chi connectivity index (χ0v) is 17.2. The minimum atomic E-state index is -0.371. The average molecular weight is 403 g/mol. The summed E-state index contributed by atoms with van der Waals surface area (Å²) in [6, 6.07) is 20.9. The molecule has 0 aliphatic heterocycles. The van der Waals surface area contributed by atoms with E-state index in [1.54, 1.807) is 13.4 Å². The molecule has 0 amide bonds. The van der Waals surface area contributed by atoms with Crippen molar-refractivity contribution in [3.8, 4) is 0 Å². The Balaban J connectivity index is 1.50. The molecule has 2 aromatic heterocycles. The van der Waals surface area contributed by atoms with Crippen LogP contribution in [0.3, 0.4) is 0 Å². The Morgan fingerprint density at radius 2 is 1.50 bits per heavy atom. The number of hydrogen-bond donors (Lipinski definition) is 1. The molecule has 4 rings (SSSR count). The van der Waals surface area contributed by atoms with E-state index in [0.717, 1.165) is 11.1 Å². The Hall–Kier alpha value is -3.45. The van der Waals surface area contributed by atoms with Gasteiger partial charge in [0, 0.05) is 39.6 Å². The van der Waals surface area contributed by atoms with E-state index in [1.165, 1.54) is 22.7 Å². The fourth-order valence-electron chi connectivity index (χ4n) is 3.81. The highest BCUT2D eigenvalue weighted by Gasteiger charge is 2.15. The maximum Gasteiger partial charge on any atom is 0.332 e. The molecular formula is C23H25N5O2. The van der Waals surface area contributed by atoms with Crippen LogP contribution in [0.25, 0.3) is 11.2 Å². The van der Waals surface area contributed by atoms with Crippen molar-refractivity contribution in [2.45, 2.75) is 12.5 Å². The molecule has 0 bridgehead atoms. The Kier molecular flexibility index (Phi) is 5.63. The molecule has 154 valence electrons. The molecule has 0 unspecified atom stereocenters. The van der Waals surface area contributed by atoms with E-state index >= 15 is 0 Å². The Bertz CT molecular complexity index is 1220. The van der Waals surface area contributed by atoms with E-state index in [1.807, 2.05) is 16.7 Å². The molecule has 0 aliphatic rings. The Labute approximate surface area is 174 Å². The third-order valence-corrected chi connectivity index (χ3v) is 5.50. The molecule has 0 saturated heterocycles. The van der Waals surface area contributed by atoms with Crippen LogP contribution in [-0.4, -0.2) is 31.8 Å². The number of aromatic nitrogens is 4. The topological polar surface area (TPSA) is 73.8 Å². The minimum Gasteiger partial charge on any atom is -0.323 e. The monoisotopic (exact) mass is 403 g/mol. The molecule has 0 fully saturated rings. The second kappa shape index (κ2) is 8.51. The minimum absolute atomic E-state index is 0.237. The summed E-state index contributed by atoms with van der Waals surface area (Å²) in [5, 5.41) is 3.52. The van der Waals surface area contributed by atoms with Crippen molar-refractivity contribution >= 4 is 11.2 Å². The second-order valence-corrected chi connectivity index (χ2v) is 7.39. The van der Waals surface area contributed by atoms with Crippen LogP contribution in [0.5, 0.6) is 0 Å². The van der Waals surface area contributed by atoms with Gasteiger partial charge >= 0.3 is 5.69 Å². The van der Waals surface area contributed by atoms with E-state index in [-0.39, 0.29) is 17.2 Å². The van der Waals surface area contributed by atoms with Crippen molar-refractivity contribution in [2.75, 3.05) is 13.1 Å². The molecule has 0 radical (unpaired) electrons. The SMILES string of the molecule is Cn1c(=O)c2c(ncn2CCNCC(c2ccccc2)c2ccccc2)n(C)c1=O. The molecule has 0 atom stereocenters. The van der Waals surface area contributed by atoms with Crippen molar-refractivity contribution in [2.24, 2.45) is 14.1 Å². The molecule has 4 aromatic rings. The van der Waals surface area contributed by atoms with E-state index < -0.39 is 0 Å². The first-order valence-corrected chi connectivity index (χ1v) is 9.99. The zero-order valence-electron chi connectivity index (χ0n) is 17.2. The van der Waals surface area contributed by atoms with Gasteiger partial charge in [-0.15, -0.1) is 0 Å². The standard InChI is InChI=1S/C23H25N5O2/c1-26-21-20(22(29)27(2)23(26)30)28(16-25-21)14-13-24-15-19(17-9-5-3-6-10-17)18-11-7-4-8-12-18/h3-12,16,19,24H,13-15H2,1-2H3. The highest BCUT2D eigenvalue weighted by molar-refractivity contribution is 5.69. The lowest BCUT2D eigenvalue weighted by Gasteiger charge is -2.19. The number of aryl methyl sites for hydroxylation is 1. The summed E-state index contributed by atoms with van der Waals surface area (Å²) in [6.07, 6.45) is 1.62. The normalized spacial score (nSPS) is 11.4. The summed E-state index contributed by atoms with van der Waals surface area (Å²) in [7, 11) is 3.12. The molecule has 0 saturated carbocycles. The number of imidazole rings is 1. The fraction of sp³-hybridized carbons (Fsp3) is 0.261. The average Bonchev–Trinajstić information content (AvgIpc) is 3.21. The first-order valence-electron chi connectivity index (χ1n) is 9.99. The summed E-state index contributed by atoms with van der Waals surface area (Å²) in [5.41, 5.74) is 2.68. The maximum atomic E-state index is 12.6. The van der Waals surface area contributed by atoms with Gasteiger partial charge in [0.1, 0.15) is 0 Å². The van der Waals surface area contributed by atoms with Gasteiger partial charge in [-0.3, -0.25) is 13.9 Å². The van der Waals surface area contributed by atoms with Crippen LogP contribution < -0.4 is 16.6 Å². The summed E-state index contributed by atoms with van der Waals surface area (Å²) in [5.74, 6) is 0.237. The predicted molar refractivity (Wildman–Crippen MR) is 118 cm³/mol. The fourth-order valence-corrected chi connectivity index (χ4v) is 3.81. The van der Waals surface area contributed by atoms with E-state index in [9.17, 15) is 9.59 Å². The van der Waals surface area contributed by atoms with Crippen molar-refractivity contribution in [1.82, 2.24) is 24.0 Å². The highest BCUT2D eigenvalue weighted by Crippen LogP contribution is 2.23. The van der Waals surface area contributed by atoms with Gasteiger partial charge in [-0.1, -0.05) is 60.7 Å². The predicted octanol–water partition coefficient (Wildman–Crippen LogP) is 1.86. The third-order valence-electron chi connectivity index (χ3n) is 5.50. The van der Waals surface area contributed by atoms with E-state index in [2.05, 4.69) is 58.8 Å². The number of rotatable bonds is 7. The lowest BCUT2D eigenvalue weighted by Crippen LogP contribution is -2.37. The van der Waals surface area contributed by atoms with Crippen LogP contribution >= 0.6 is 0 Å². The Morgan fingerprint density at radius 3 is 2.10 bits per heavy atom. The number of nitrogens with one attached hydrogen (secondary N) is 1. The number of nitrogens with zero attached hydrogens (tertiary/aromatic N) is 4. The van der Waals surface area contributed by atoms with Gasteiger partial charge in [-0.25, -0.2) is 9.78 Å².